The van der Waals surface area contributed by atoms with Gasteiger partial charge in [0.15, 0.2) is 0 Å². The standard InChI is InChI=1S/C12H17N3O4/c1-2-19-8(6-11(16)17)7-14-10-5-3-4-9(15-10)12(13)18/h3-5,8H,2,6-7H2,1H3,(H2,13,18)(H,14,15)(H,16,17). The molecule has 0 saturated carbocycles. The second kappa shape index (κ2) is 7.32. The van der Waals surface area contributed by atoms with Crippen LogP contribution in [-0.4, -0.2) is 41.2 Å². The number of amides is 1. The number of aliphatic carboxylic acids is 1. The summed E-state index contributed by atoms with van der Waals surface area (Å²) in [5, 5.41) is 11.7. The Labute approximate surface area is 110 Å². The van der Waals surface area contributed by atoms with E-state index in [0.717, 1.165) is 0 Å². The summed E-state index contributed by atoms with van der Waals surface area (Å²) < 4.78 is 5.29. The van der Waals surface area contributed by atoms with E-state index in [1.165, 1.54) is 6.07 Å². The van der Waals surface area contributed by atoms with Gasteiger partial charge < -0.3 is 20.9 Å². The second-order valence-corrected chi connectivity index (χ2v) is 3.83. The lowest BCUT2D eigenvalue weighted by molar-refractivity contribution is -0.139. The highest BCUT2D eigenvalue weighted by Crippen LogP contribution is 2.06. The van der Waals surface area contributed by atoms with Crippen molar-refractivity contribution in [2.24, 2.45) is 5.73 Å². The Morgan fingerprint density at radius 2 is 2.26 bits per heavy atom. The number of nitrogens with zero attached hydrogens (tertiary/aromatic N) is 1. The van der Waals surface area contributed by atoms with E-state index in [0.29, 0.717) is 12.4 Å². The molecule has 0 radical (unpaired) electrons. The number of nitrogens with one attached hydrogen (secondary N) is 1. The molecule has 0 aliphatic heterocycles. The van der Waals surface area contributed by atoms with Crippen LogP contribution in [0.5, 0.6) is 0 Å². The van der Waals surface area contributed by atoms with Gasteiger partial charge in [-0.25, -0.2) is 4.98 Å². The van der Waals surface area contributed by atoms with Crippen LogP contribution in [-0.2, 0) is 9.53 Å². The highest BCUT2D eigenvalue weighted by atomic mass is 16.5. The molecule has 1 unspecified atom stereocenters. The topological polar surface area (TPSA) is 115 Å². The molecule has 7 heteroatoms. The third kappa shape index (κ3) is 5.35. The fourth-order valence-corrected chi connectivity index (χ4v) is 1.51. The van der Waals surface area contributed by atoms with Gasteiger partial charge in [0.1, 0.15) is 11.5 Å². The number of nitrogens with two attached hydrogens (primary N) is 1. The molecule has 104 valence electrons. The molecule has 0 fully saturated rings. The van der Waals surface area contributed by atoms with Gasteiger partial charge in [-0.2, -0.15) is 0 Å². The highest BCUT2D eigenvalue weighted by Gasteiger charge is 2.13. The lowest BCUT2D eigenvalue weighted by atomic mass is 10.2. The van der Waals surface area contributed by atoms with E-state index in [1.807, 2.05) is 0 Å². The van der Waals surface area contributed by atoms with E-state index in [9.17, 15) is 9.59 Å². The summed E-state index contributed by atoms with van der Waals surface area (Å²) in [6.45, 7) is 2.50. The molecule has 0 aliphatic carbocycles. The quantitative estimate of drug-likeness (QED) is 0.630. The number of pyridine rings is 1. The molecule has 0 spiro atoms. The molecule has 1 heterocycles. The summed E-state index contributed by atoms with van der Waals surface area (Å²) in [6.07, 6.45) is -0.558. The maximum absolute atomic E-state index is 11.0. The van der Waals surface area contributed by atoms with E-state index in [2.05, 4.69) is 10.3 Å². The summed E-state index contributed by atoms with van der Waals surface area (Å²) in [4.78, 5) is 25.6. The van der Waals surface area contributed by atoms with Gasteiger partial charge >= 0.3 is 5.97 Å². The summed E-state index contributed by atoms with van der Waals surface area (Å²) >= 11 is 0. The summed E-state index contributed by atoms with van der Waals surface area (Å²) in [5.74, 6) is -1.10. The van der Waals surface area contributed by atoms with Crippen molar-refractivity contribution >= 4 is 17.7 Å². The molecule has 1 rings (SSSR count). The molecule has 7 nitrogen and oxygen atoms in total. The van der Waals surface area contributed by atoms with E-state index >= 15 is 0 Å². The normalized spacial score (nSPS) is 11.8. The van der Waals surface area contributed by atoms with Gasteiger partial charge in [-0.15, -0.1) is 0 Å². The zero-order valence-corrected chi connectivity index (χ0v) is 10.6. The number of carboxylic acids is 1. The van der Waals surface area contributed by atoms with Crippen LogP contribution in [0, 0.1) is 0 Å². The summed E-state index contributed by atoms with van der Waals surface area (Å²) in [5.41, 5.74) is 5.27. The van der Waals surface area contributed by atoms with Crippen LogP contribution < -0.4 is 11.1 Å². The number of carbonyl (C=O) groups is 2. The SMILES string of the molecule is CCOC(CNc1cccc(C(N)=O)n1)CC(=O)O. The number of aromatic nitrogens is 1. The van der Waals surface area contributed by atoms with Crippen LogP contribution in [0.2, 0.25) is 0 Å². The first-order chi connectivity index (χ1) is 9.02. The maximum atomic E-state index is 11.0. The summed E-state index contributed by atoms with van der Waals surface area (Å²) in [7, 11) is 0. The van der Waals surface area contributed by atoms with Gasteiger partial charge in [0, 0.05) is 13.2 Å². The number of carbonyl (C=O) groups excluding carboxylic acids is 1. The Morgan fingerprint density at radius 1 is 1.53 bits per heavy atom. The van der Waals surface area contributed by atoms with Crippen molar-refractivity contribution in [1.82, 2.24) is 4.98 Å². The van der Waals surface area contributed by atoms with Crippen LogP contribution in [0.25, 0.3) is 0 Å². The molecule has 1 amide bonds. The number of rotatable bonds is 8. The predicted octanol–water partition coefficient (Wildman–Crippen LogP) is 0.472. The lowest BCUT2D eigenvalue weighted by Gasteiger charge is -2.16. The van der Waals surface area contributed by atoms with Gasteiger partial charge in [0.2, 0.25) is 0 Å². The zero-order chi connectivity index (χ0) is 14.3. The second-order valence-electron chi connectivity index (χ2n) is 3.83. The molecule has 19 heavy (non-hydrogen) atoms. The molecule has 0 aliphatic rings. The molecule has 0 saturated heterocycles. The van der Waals surface area contributed by atoms with Crippen molar-refractivity contribution in [3.63, 3.8) is 0 Å². The average Bonchev–Trinajstić information content (AvgIpc) is 2.36. The van der Waals surface area contributed by atoms with Gasteiger partial charge in [0.05, 0.1) is 12.5 Å². The first kappa shape index (κ1) is 14.9. The minimum absolute atomic E-state index is 0.101. The van der Waals surface area contributed by atoms with Gasteiger partial charge in [0.25, 0.3) is 5.91 Å². The minimum atomic E-state index is -0.931. The fourth-order valence-electron chi connectivity index (χ4n) is 1.51. The predicted molar refractivity (Wildman–Crippen MR) is 68.9 cm³/mol. The van der Waals surface area contributed by atoms with Crippen LogP contribution in [0.15, 0.2) is 18.2 Å². The molecule has 1 aromatic rings. The fraction of sp³-hybridized carbons (Fsp3) is 0.417. The van der Waals surface area contributed by atoms with E-state index < -0.39 is 18.0 Å². The Morgan fingerprint density at radius 3 is 2.84 bits per heavy atom. The van der Waals surface area contributed by atoms with Crippen molar-refractivity contribution in [2.75, 3.05) is 18.5 Å². The highest BCUT2D eigenvalue weighted by molar-refractivity contribution is 5.91. The smallest absolute Gasteiger partial charge is 0.306 e. The number of anilines is 1. The number of ether oxygens (including phenoxy) is 1. The number of hydrogen-bond acceptors (Lipinski definition) is 5. The summed E-state index contributed by atoms with van der Waals surface area (Å²) in [6, 6.07) is 4.81. The number of primary amides is 1. The van der Waals surface area contributed by atoms with Crippen molar-refractivity contribution in [3.8, 4) is 0 Å². The maximum Gasteiger partial charge on any atom is 0.306 e. The number of hydrogen-bond donors (Lipinski definition) is 3. The Kier molecular flexibility index (Phi) is 5.74. The van der Waals surface area contributed by atoms with E-state index in [1.54, 1.807) is 19.1 Å². The minimum Gasteiger partial charge on any atom is -0.481 e. The molecule has 1 aromatic heterocycles. The molecular weight excluding hydrogens is 250 g/mol. The van der Waals surface area contributed by atoms with Crippen LogP contribution in [0.3, 0.4) is 0 Å². The first-order valence-corrected chi connectivity index (χ1v) is 5.87. The van der Waals surface area contributed by atoms with Crippen LogP contribution in [0.4, 0.5) is 5.82 Å². The van der Waals surface area contributed by atoms with Crippen LogP contribution >= 0.6 is 0 Å². The van der Waals surface area contributed by atoms with Crippen molar-refractivity contribution in [3.05, 3.63) is 23.9 Å². The van der Waals surface area contributed by atoms with E-state index in [-0.39, 0.29) is 18.7 Å². The van der Waals surface area contributed by atoms with Gasteiger partial charge in [-0.1, -0.05) is 6.07 Å². The molecule has 1 atom stereocenters. The first-order valence-electron chi connectivity index (χ1n) is 5.87. The Balaban J connectivity index is 2.60. The molecule has 0 bridgehead atoms. The zero-order valence-electron chi connectivity index (χ0n) is 10.6. The molecule has 4 N–H and O–H groups in total. The largest absolute Gasteiger partial charge is 0.481 e. The monoisotopic (exact) mass is 267 g/mol. The Hall–Kier alpha value is -2.15. The average molecular weight is 267 g/mol. The number of carboxylic acid groups (broad SMARTS) is 1. The Bertz CT molecular complexity index is 450. The van der Waals surface area contributed by atoms with Crippen molar-refractivity contribution in [1.29, 1.82) is 0 Å². The lowest BCUT2D eigenvalue weighted by Crippen LogP contribution is -2.26. The third-order valence-electron chi connectivity index (χ3n) is 2.32. The van der Waals surface area contributed by atoms with E-state index in [4.69, 9.17) is 15.6 Å². The third-order valence-corrected chi connectivity index (χ3v) is 2.32. The van der Waals surface area contributed by atoms with Crippen molar-refractivity contribution in [2.45, 2.75) is 19.4 Å². The van der Waals surface area contributed by atoms with Gasteiger partial charge in [-0.3, -0.25) is 9.59 Å². The van der Waals surface area contributed by atoms with Gasteiger partial charge in [-0.05, 0) is 19.1 Å². The van der Waals surface area contributed by atoms with Crippen LogP contribution in [0.1, 0.15) is 23.8 Å². The molecular formula is C12H17N3O4. The van der Waals surface area contributed by atoms with Crippen molar-refractivity contribution < 1.29 is 19.4 Å². The molecule has 0 aromatic carbocycles.